The van der Waals surface area contributed by atoms with Crippen molar-refractivity contribution in [2.75, 3.05) is 0 Å². The van der Waals surface area contributed by atoms with Crippen LogP contribution in [0.25, 0.3) is 5.82 Å². The molecule has 8 heteroatoms. The van der Waals surface area contributed by atoms with Gasteiger partial charge in [-0.3, -0.25) is 0 Å². The second-order valence-electron chi connectivity index (χ2n) is 2.51. The van der Waals surface area contributed by atoms with Gasteiger partial charge < -0.3 is 5.11 Å². The van der Waals surface area contributed by atoms with Gasteiger partial charge in [-0.25, -0.2) is 24.4 Å². The molecule has 76 valence electrons. The molecule has 2 aromatic rings. The van der Waals surface area contributed by atoms with Crippen molar-refractivity contribution in [2.45, 2.75) is 0 Å². The van der Waals surface area contributed by atoms with Crippen LogP contribution in [0.3, 0.4) is 0 Å². The zero-order valence-electron chi connectivity index (χ0n) is 7.20. The molecule has 0 aliphatic rings. The standard InChI is InChI=1S/C7H4IN5O2/c8-4-1-9-2-10-6(4)13-3-11-5(12-13)7(14)15/h1-3H,(H,14,15). The SMILES string of the molecule is O=C(O)c1ncn(-c2ncncc2I)n1. The molecular weight excluding hydrogens is 313 g/mol. The van der Waals surface area contributed by atoms with Crippen molar-refractivity contribution in [1.29, 1.82) is 0 Å². The Morgan fingerprint density at radius 3 is 2.87 bits per heavy atom. The minimum Gasteiger partial charge on any atom is -0.475 e. The summed E-state index contributed by atoms with van der Waals surface area (Å²) in [5.41, 5.74) is 0. The van der Waals surface area contributed by atoms with E-state index in [9.17, 15) is 4.79 Å². The molecule has 0 aliphatic carbocycles. The Bertz CT molecular complexity index is 512. The van der Waals surface area contributed by atoms with Gasteiger partial charge in [-0.2, -0.15) is 0 Å². The van der Waals surface area contributed by atoms with Gasteiger partial charge in [-0.1, -0.05) is 0 Å². The predicted octanol–water partition coefficient (Wildman–Crippen LogP) is 0.360. The number of hydrogen-bond acceptors (Lipinski definition) is 5. The average molecular weight is 317 g/mol. The highest BCUT2D eigenvalue weighted by Crippen LogP contribution is 2.10. The maximum atomic E-state index is 10.6. The highest BCUT2D eigenvalue weighted by atomic mass is 127. The Kier molecular flexibility index (Phi) is 2.58. The molecule has 7 nitrogen and oxygen atoms in total. The molecule has 0 atom stereocenters. The third-order valence-corrected chi connectivity index (χ3v) is 2.31. The molecule has 2 heterocycles. The number of carbonyl (C=O) groups is 1. The van der Waals surface area contributed by atoms with Crippen molar-refractivity contribution in [3.63, 3.8) is 0 Å². The summed E-state index contributed by atoms with van der Waals surface area (Å²) in [7, 11) is 0. The van der Waals surface area contributed by atoms with Crippen molar-refractivity contribution in [1.82, 2.24) is 24.7 Å². The lowest BCUT2D eigenvalue weighted by atomic mass is 10.6. The van der Waals surface area contributed by atoms with Crippen molar-refractivity contribution >= 4 is 28.6 Å². The van der Waals surface area contributed by atoms with Crippen LogP contribution in [0.15, 0.2) is 18.9 Å². The Balaban J connectivity index is 2.46. The van der Waals surface area contributed by atoms with Crippen molar-refractivity contribution in [3.05, 3.63) is 28.2 Å². The quantitative estimate of drug-likeness (QED) is 0.804. The van der Waals surface area contributed by atoms with E-state index in [1.165, 1.54) is 17.3 Å². The first-order chi connectivity index (χ1) is 7.18. The number of halogens is 1. The van der Waals surface area contributed by atoms with E-state index in [-0.39, 0.29) is 5.82 Å². The highest BCUT2D eigenvalue weighted by Gasteiger charge is 2.11. The monoisotopic (exact) mass is 317 g/mol. The van der Waals surface area contributed by atoms with Gasteiger partial charge in [0.1, 0.15) is 12.7 Å². The normalized spacial score (nSPS) is 10.2. The number of carboxylic acid groups (broad SMARTS) is 1. The Morgan fingerprint density at radius 1 is 1.47 bits per heavy atom. The van der Waals surface area contributed by atoms with Gasteiger partial charge in [0, 0.05) is 6.20 Å². The minimum atomic E-state index is -1.17. The first kappa shape index (κ1) is 9.96. The van der Waals surface area contributed by atoms with Crippen LogP contribution >= 0.6 is 22.6 Å². The summed E-state index contributed by atoms with van der Waals surface area (Å²) >= 11 is 2.03. The van der Waals surface area contributed by atoms with Crippen LogP contribution < -0.4 is 0 Å². The molecule has 1 N–H and O–H groups in total. The molecule has 0 amide bonds. The average Bonchev–Trinajstić information content (AvgIpc) is 2.67. The Morgan fingerprint density at radius 2 is 2.27 bits per heavy atom. The number of aromatic nitrogens is 5. The van der Waals surface area contributed by atoms with Crippen molar-refractivity contribution < 1.29 is 9.90 Å². The van der Waals surface area contributed by atoms with Gasteiger partial charge in [0.15, 0.2) is 5.82 Å². The van der Waals surface area contributed by atoms with Gasteiger partial charge >= 0.3 is 5.97 Å². The molecule has 0 unspecified atom stereocenters. The van der Waals surface area contributed by atoms with Crippen LogP contribution in [0.5, 0.6) is 0 Å². The molecule has 0 aromatic carbocycles. The van der Waals surface area contributed by atoms with E-state index >= 15 is 0 Å². The zero-order valence-corrected chi connectivity index (χ0v) is 9.36. The fourth-order valence-corrected chi connectivity index (χ4v) is 1.49. The summed E-state index contributed by atoms with van der Waals surface area (Å²) in [4.78, 5) is 22.0. The number of rotatable bonds is 2. The minimum absolute atomic E-state index is 0.260. The van der Waals surface area contributed by atoms with Gasteiger partial charge in [0.05, 0.1) is 3.57 Å². The van der Waals surface area contributed by atoms with E-state index < -0.39 is 5.97 Å². The number of carboxylic acids is 1. The third-order valence-electron chi connectivity index (χ3n) is 1.55. The Hall–Kier alpha value is -1.58. The smallest absolute Gasteiger partial charge is 0.375 e. The summed E-state index contributed by atoms with van der Waals surface area (Å²) in [5, 5.41) is 12.4. The lowest BCUT2D eigenvalue weighted by molar-refractivity contribution is 0.0683. The summed E-state index contributed by atoms with van der Waals surface area (Å²) in [6.45, 7) is 0. The van der Waals surface area contributed by atoms with E-state index in [2.05, 4.69) is 20.1 Å². The summed E-state index contributed by atoms with van der Waals surface area (Å²) in [6, 6.07) is 0. The largest absolute Gasteiger partial charge is 0.475 e. The molecule has 2 rings (SSSR count). The van der Waals surface area contributed by atoms with Gasteiger partial charge in [0.2, 0.25) is 0 Å². The summed E-state index contributed by atoms with van der Waals surface area (Å²) in [6.07, 6.45) is 4.26. The van der Waals surface area contributed by atoms with Crippen LogP contribution in [-0.2, 0) is 0 Å². The Labute approximate surface area is 97.3 Å². The van der Waals surface area contributed by atoms with Crippen LogP contribution in [0.2, 0.25) is 0 Å². The number of hydrogen-bond donors (Lipinski definition) is 1. The van der Waals surface area contributed by atoms with Crippen LogP contribution in [0.4, 0.5) is 0 Å². The second-order valence-corrected chi connectivity index (χ2v) is 3.67. The molecule has 0 saturated carbocycles. The topological polar surface area (TPSA) is 93.8 Å². The van der Waals surface area contributed by atoms with Crippen LogP contribution in [0, 0.1) is 3.57 Å². The molecule has 0 radical (unpaired) electrons. The molecular formula is C7H4IN5O2. The van der Waals surface area contributed by atoms with Crippen molar-refractivity contribution in [3.8, 4) is 5.82 Å². The van der Waals surface area contributed by atoms with Gasteiger partial charge in [-0.05, 0) is 22.6 Å². The van der Waals surface area contributed by atoms with E-state index in [0.717, 1.165) is 3.57 Å². The molecule has 0 saturated heterocycles. The lowest BCUT2D eigenvalue weighted by Gasteiger charge is -1.99. The highest BCUT2D eigenvalue weighted by molar-refractivity contribution is 14.1. The van der Waals surface area contributed by atoms with Crippen molar-refractivity contribution in [2.24, 2.45) is 0 Å². The lowest BCUT2D eigenvalue weighted by Crippen LogP contribution is -2.04. The first-order valence-electron chi connectivity index (χ1n) is 3.79. The predicted molar refractivity (Wildman–Crippen MR) is 56.6 cm³/mol. The van der Waals surface area contributed by atoms with Gasteiger partial charge in [-0.15, -0.1) is 5.10 Å². The van der Waals surface area contributed by atoms with E-state index in [1.807, 2.05) is 22.6 Å². The summed E-state index contributed by atoms with van der Waals surface area (Å²) < 4.78 is 2.06. The maximum Gasteiger partial charge on any atom is 0.375 e. The van der Waals surface area contributed by atoms with Crippen LogP contribution in [-0.4, -0.2) is 35.8 Å². The second kappa shape index (κ2) is 3.88. The van der Waals surface area contributed by atoms with Gasteiger partial charge in [0.25, 0.3) is 5.82 Å². The molecule has 0 spiro atoms. The zero-order chi connectivity index (χ0) is 10.8. The fraction of sp³-hybridized carbons (Fsp3) is 0. The third kappa shape index (κ3) is 1.93. The number of aromatic carboxylic acids is 1. The molecule has 0 aliphatic heterocycles. The van der Waals surface area contributed by atoms with E-state index in [0.29, 0.717) is 5.82 Å². The fourth-order valence-electron chi connectivity index (χ4n) is 0.938. The van der Waals surface area contributed by atoms with E-state index in [1.54, 1.807) is 6.20 Å². The molecule has 0 bridgehead atoms. The number of nitrogens with zero attached hydrogens (tertiary/aromatic N) is 5. The maximum absolute atomic E-state index is 10.6. The molecule has 0 fully saturated rings. The van der Waals surface area contributed by atoms with Crippen LogP contribution in [0.1, 0.15) is 10.6 Å². The van der Waals surface area contributed by atoms with E-state index in [4.69, 9.17) is 5.11 Å². The molecule has 15 heavy (non-hydrogen) atoms. The molecule has 2 aromatic heterocycles. The summed E-state index contributed by atoms with van der Waals surface area (Å²) in [5.74, 6) is -0.923. The first-order valence-corrected chi connectivity index (χ1v) is 4.87.